The minimum Gasteiger partial charge on any atom is -0.508 e. The highest BCUT2D eigenvalue weighted by molar-refractivity contribution is 5.29. The number of allylic oxidation sites excluding steroid dienone is 4. The number of ether oxygens (including phenoxy) is 1. The number of benzene rings is 1. The van der Waals surface area contributed by atoms with Crippen LogP contribution in [-0.4, -0.2) is 30.2 Å². The summed E-state index contributed by atoms with van der Waals surface area (Å²) in [5.74, 6) is 1.10. The molecule has 1 aromatic carbocycles. The number of hydrogen-bond donors (Lipinski definition) is 1. The van der Waals surface area contributed by atoms with Crippen LogP contribution in [0.25, 0.3) is 0 Å². The molecule has 0 saturated carbocycles. The van der Waals surface area contributed by atoms with Crippen LogP contribution in [0.3, 0.4) is 0 Å². The Morgan fingerprint density at radius 1 is 1.14 bits per heavy atom. The van der Waals surface area contributed by atoms with Crippen LogP contribution in [0.1, 0.15) is 32.1 Å². The summed E-state index contributed by atoms with van der Waals surface area (Å²) in [5, 5.41) is 9.19. The minimum absolute atomic E-state index is 0.275. The minimum atomic E-state index is 0.275. The fourth-order valence-corrected chi connectivity index (χ4v) is 2.41. The summed E-state index contributed by atoms with van der Waals surface area (Å²) in [6.07, 6.45) is 12.3. The van der Waals surface area contributed by atoms with Crippen LogP contribution in [0.2, 0.25) is 0 Å². The zero-order valence-corrected chi connectivity index (χ0v) is 12.8. The zero-order chi connectivity index (χ0) is 14.9. The highest BCUT2D eigenvalue weighted by Crippen LogP contribution is 2.17. The fraction of sp³-hybridized carbons (Fsp3) is 0.444. The van der Waals surface area contributed by atoms with Gasteiger partial charge in [-0.05, 0) is 62.4 Å². The Labute approximate surface area is 127 Å². The first kappa shape index (κ1) is 15.5. The number of nitrogens with zero attached hydrogens (tertiary/aromatic N) is 1. The second-order valence-electron chi connectivity index (χ2n) is 5.45. The Morgan fingerprint density at radius 2 is 1.95 bits per heavy atom. The van der Waals surface area contributed by atoms with Crippen LogP contribution in [-0.2, 0) is 0 Å². The first-order chi connectivity index (χ1) is 10.3. The van der Waals surface area contributed by atoms with Crippen molar-refractivity contribution in [1.29, 1.82) is 0 Å². The molecule has 2 rings (SSSR count). The largest absolute Gasteiger partial charge is 0.508 e. The fourth-order valence-electron chi connectivity index (χ4n) is 2.41. The maximum atomic E-state index is 9.19. The first-order valence-corrected chi connectivity index (χ1v) is 7.74. The quantitative estimate of drug-likeness (QED) is 0.730. The molecule has 21 heavy (non-hydrogen) atoms. The number of rotatable bonds is 8. The van der Waals surface area contributed by atoms with Crippen LogP contribution in [0.5, 0.6) is 11.5 Å². The Kier molecular flexibility index (Phi) is 6.20. The van der Waals surface area contributed by atoms with E-state index < -0.39 is 0 Å². The van der Waals surface area contributed by atoms with Gasteiger partial charge < -0.3 is 14.7 Å². The molecule has 1 aromatic rings. The Balaban J connectivity index is 1.54. The van der Waals surface area contributed by atoms with E-state index in [0.717, 1.165) is 38.2 Å². The van der Waals surface area contributed by atoms with Crippen LogP contribution in [0.4, 0.5) is 0 Å². The summed E-state index contributed by atoms with van der Waals surface area (Å²) < 4.78 is 5.64. The van der Waals surface area contributed by atoms with E-state index in [2.05, 4.69) is 30.2 Å². The molecule has 3 heteroatoms. The van der Waals surface area contributed by atoms with Crippen LogP contribution in [0.15, 0.2) is 48.2 Å². The van der Waals surface area contributed by atoms with Crippen molar-refractivity contribution in [3.63, 3.8) is 0 Å². The lowest BCUT2D eigenvalue weighted by Gasteiger charge is -2.23. The number of hydrogen-bond acceptors (Lipinski definition) is 3. The third-order valence-corrected chi connectivity index (χ3v) is 3.73. The van der Waals surface area contributed by atoms with E-state index in [1.165, 1.54) is 18.5 Å². The molecule has 114 valence electrons. The highest BCUT2D eigenvalue weighted by Gasteiger charge is 2.05. The van der Waals surface area contributed by atoms with Crippen LogP contribution < -0.4 is 4.74 Å². The molecule has 0 saturated heterocycles. The maximum absolute atomic E-state index is 9.19. The van der Waals surface area contributed by atoms with E-state index in [-0.39, 0.29) is 5.75 Å². The predicted octanol–water partition coefficient (Wildman–Crippen LogP) is 4.11. The van der Waals surface area contributed by atoms with Crippen molar-refractivity contribution in [2.75, 3.05) is 20.2 Å². The molecule has 0 heterocycles. The molecule has 1 aliphatic carbocycles. The van der Waals surface area contributed by atoms with Gasteiger partial charge in [-0.2, -0.15) is 0 Å². The molecule has 0 bridgehead atoms. The molecule has 0 aliphatic heterocycles. The van der Waals surface area contributed by atoms with E-state index in [0.29, 0.717) is 0 Å². The smallest absolute Gasteiger partial charge is 0.119 e. The molecule has 0 radical (unpaired) electrons. The van der Waals surface area contributed by atoms with E-state index in [9.17, 15) is 5.11 Å². The lowest BCUT2D eigenvalue weighted by atomic mass is 10.1. The van der Waals surface area contributed by atoms with Crippen LogP contribution >= 0.6 is 0 Å². The topological polar surface area (TPSA) is 32.7 Å². The molecule has 1 aliphatic rings. The lowest BCUT2D eigenvalue weighted by Crippen LogP contribution is -2.19. The molecular formula is C18H25NO2. The van der Waals surface area contributed by atoms with E-state index in [4.69, 9.17) is 4.74 Å². The van der Waals surface area contributed by atoms with Crippen molar-refractivity contribution in [3.05, 3.63) is 48.2 Å². The predicted molar refractivity (Wildman–Crippen MR) is 86.5 cm³/mol. The highest BCUT2D eigenvalue weighted by atomic mass is 16.5. The summed E-state index contributed by atoms with van der Waals surface area (Å²) >= 11 is 0. The summed E-state index contributed by atoms with van der Waals surface area (Å²) in [6, 6.07) is 6.89. The number of phenolic OH excluding ortho intramolecular Hbond substituents is 1. The van der Waals surface area contributed by atoms with Gasteiger partial charge >= 0.3 is 0 Å². The number of aromatic hydroxyl groups is 1. The van der Waals surface area contributed by atoms with Gasteiger partial charge in [-0.25, -0.2) is 0 Å². The third-order valence-electron chi connectivity index (χ3n) is 3.73. The van der Waals surface area contributed by atoms with E-state index in [1.54, 1.807) is 24.3 Å². The molecule has 0 spiro atoms. The van der Waals surface area contributed by atoms with Gasteiger partial charge in [0.15, 0.2) is 0 Å². The van der Waals surface area contributed by atoms with Crippen molar-refractivity contribution >= 4 is 0 Å². The molecule has 1 N–H and O–H groups in total. The van der Waals surface area contributed by atoms with Gasteiger partial charge in [-0.3, -0.25) is 0 Å². The molecular weight excluding hydrogens is 262 g/mol. The second-order valence-corrected chi connectivity index (χ2v) is 5.45. The van der Waals surface area contributed by atoms with Gasteiger partial charge in [0.1, 0.15) is 11.5 Å². The van der Waals surface area contributed by atoms with Crippen molar-refractivity contribution in [2.45, 2.75) is 32.1 Å². The summed E-state index contributed by atoms with van der Waals surface area (Å²) in [5.41, 5.74) is 1.44. The van der Waals surface area contributed by atoms with Gasteiger partial charge in [0.25, 0.3) is 0 Å². The zero-order valence-electron chi connectivity index (χ0n) is 12.8. The Hall–Kier alpha value is -1.90. The van der Waals surface area contributed by atoms with E-state index in [1.807, 2.05) is 0 Å². The van der Waals surface area contributed by atoms with Gasteiger partial charge in [-0.1, -0.05) is 12.2 Å². The molecule has 0 atom stereocenters. The van der Waals surface area contributed by atoms with Gasteiger partial charge in [-0.15, -0.1) is 0 Å². The monoisotopic (exact) mass is 287 g/mol. The van der Waals surface area contributed by atoms with Gasteiger partial charge in [0.2, 0.25) is 0 Å². The van der Waals surface area contributed by atoms with Crippen molar-refractivity contribution < 1.29 is 9.84 Å². The van der Waals surface area contributed by atoms with Crippen molar-refractivity contribution in [2.24, 2.45) is 0 Å². The van der Waals surface area contributed by atoms with E-state index >= 15 is 0 Å². The SMILES string of the molecule is CN(CCCCCOc1ccc(O)cc1)C1=CC=CCC1. The van der Waals surface area contributed by atoms with Crippen molar-refractivity contribution in [1.82, 2.24) is 4.90 Å². The number of phenols is 1. The van der Waals surface area contributed by atoms with Gasteiger partial charge in [0, 0.05) is 19.3 Å². The maximum Gasteiger partial charge on any atom is 0.119 e. The third kappa shape index (κ3) is 5.54. The Bertz CT molecular complexity index is 476. The molecule has 0 unspecified atom stereocenters. The second kappa shape index (κ2) is 8.40. The molecule has 0 amide bonds. The average molecular weight is 287 g/mol. The molecule has 0 aromatic heterocycles. The molecule has 3 nitrogen and oxygen atoms in total. The Morgan fingerprint density at radius 3 is 2.67 bits per heavy atom. The summed E-state index contributed by atoms with van der Waals surface area (Å²) in [6.45, 7) is 1.85. The summed E-state index contributed by atoms with van der Waals surface area (Å²) in [4.78, 5) is 2.37. The average Bonchev–Trinajstić information content (AvgIpc) is 2.53. The van der Waals surface area contributed by atoms with Gasteiger partial charge in [0.05, 0.1) is 6.61 Å². The summed E-state index contributed by atoms with van der Waals surface area (Å²) in [7, 11) is 2.18. The lowest BCUT2D eigenvalue weighted by molar-refractivity contribution is 0.298. The van der Waals surface area contributed by atoms with Crippen LogP contribution in [0, 0.1) is 0 Å². The van der Waals surface area contributed by atoms with Crippen molar-refractivity contribution in [3.8, 4) is 11.5 Å². The number of unbranched alkanes of at least 4 members (excludes halogenated alkanes) is 2. The molecule has 0 fully saturated rings. The standard InChI is InChI=1S/C18H25NO2/c1-19(16-8-4-2-5-9-16)14-6-3-7-15-21-18-12-10-17(20)11-13-18/h2,4,8,10-13,20H,3,5-7,9,14-15H2,1H3. The normalized spacial score (nSPS) is 13.9. The first-order valence-electron chi connectivity index (χ1n) is 7.74.